The molecule has 2 rings (SSSR count). The summed E-state index contributed by atoms with van der Waals surface area (Å²) in [6.45, 7) is 8.41. The number of nitrogens with zero attached hydrogens (tertiary/aromatic N) is 3. The molecule has 2 aromatic rings. The third-order valence-electron chi connectivity index (χ3n) is 2.12. The molecule has 84 valence electrons. The third-order valence-corrected chi connectivity index (χ3v) is 2.12. The SMILES string of the molecule is [C-]#[N+]c1ccc(Nc2nnc(C)c(=O)[nH]2)cc1. The predicted molar refractivity (Wildman–Crippen MR) is 63.4 cm³/mol. The first-order valence-electron chi connectivity index (χ1n) is 4.87. The average molecular weight is 227 g/mol. The maximum atomic E-state index is 11.3. The lowest BCUT2D eigenvalue weighted by molar-refractivity contribution is 0.908. The van der Waals surface area contributed by atoms with E-state index in [1.54, 1.807) is 31.2 Å². The second-order valence-electron chi connectivity index (χ2n) is 3.37. The Labute approximate surface area is 97.2 Å². The van der Waals surface area contributed by atoms with E-state index in [2.05, 4.69) is 25.3 Å². The molecule has 0 aliphatic carbocycles. The number of aromatic amines is 1. The first kappa shape index (κ1) is 10.8. The summed E-state index contributed by atoms with van der Waals surface area (Å²) < 4.78 is 0. The molecule has 6 heteroatoms. The van der Waals surface area contributed by atoms with E-state index < -0.39 is 0 Å². The van der Waals surface area contributed by atoms with E-state index in [4.69, 9.17) is 6.57 Å². The van der Waals surface area contributed by atoms with E-state index in [0.717, 1.165) is 5.69 Å². The second kappa shape index (κ2) is 4.45. The minimum absolute atomic E-state index is 0.274. The van der Waals surface area contributed by atoms with Crippen molar-refractivity contribution in [1.29, 1.82) is 0 Å². The minimum Gasteiger partial charge on any atom is -0.325 e. The number of H-pyrrole nitrogens is 1. The van der Waals surface area contributed by atoms with E-state index in [1.807, 2.05) is 0 Å². The fourth-order valence-electron chi connectivity index (χ4n) is 1.21. The normalized spacial score (nSPS) is 9.65. The van der Waals surface area contributed by atoms with Crippen LogP contribution in [0.15, 0.2) is 29.1 Å². The van der Waals surface area contributed by atoms with E-state index >= 15 is 0 Å². The zero-order valence-electron chi connectivity index (χ0n) is 9.06. The summed E-state index contributed by atoms with van der Waals surface area (Å²) in [6, 6.07) is 6.81. The highest BCUT2D eigenvalue weighted by atomic mass is 16.1. The van der Waals surface area contributed by atoms with Crippen molar-refractivity contribution >= 4 is 17.3 Å². The lowest BCUT2D eigenvalue weighted by atomic mass is 10.3. The zero-order chi connectivity index (χ0) is 12.3. The van der Waals surface area contributed by atoms with E-state index in [0.29, 0.717) is 11.4 Å². The first-order chi connectivity index (χ1) is 8.19. The Balaban J connectivity index is 2.23. The highest BCUT2D eigenvalue weighted by Crippen LogP contribution is 2.17. The number of anilines is 2. The summed E-state index contributed by atoms with van der Waals surface area (Å²) >= 11 is 0. The van der Waals surface area contributed by atoms with E-state index in [9.17, 15) is 4.79 Å². The van der Waals surface area contributed by atoms with Gasteiger partial charge in [0.05, 0.1) is 6.57 Å². The molecule has 2 N–H and O–H groups in total. The summed E-state index contributed by atoms with van der Waals surface area (Å²) in [5.41, 5.74) is 1.32. The molecule has 0 saturated heterocycles. The van der Waals surface area contributed by atoms with Crippen LogP contribution in [-0.4, -0.2) is 15.2 Å². The number of hydrogen-bond donors (Lipinski definition) is 2. The van der Waals surface area contributed by atoms with Crippen molar-refractivity contribution < 1.29 is 0 Å². The monoisotopic (exact) mass is 227 g/mol. The molecule has 0 aliphatic rings. The van der Waals surface area contributed by atoms with Gasteiger partial charge in [0.2, 0.25) is 5.95 Å². The Hall–Kier alpha value is -2.68. The van der Waals surface area contributed by atoms with Crippen molar-refractivity contribution in [3.8, 4) is 0 Å². The van der Waals surface area contributed by atoms with Gasteiger partial charge in [-0.1, -0.05) is 12.1 Å². The van der Waals surface area contributed by atoms with Crippen LogP contribution in [0.2, 0.25) is 0 Å². The van der Waals surface area contributed by atoms with Gasteiger partial charge in [0.15, 0.2) is 5.69 Å². The number of rotatable bonds is 2. The van der Waals surface area contributed by atoms with Crippen LogP contribution >= 0.6 is 0 Å². The predicted octanol–water partition coefficient (Wildman–Crippen LogP) is 1.77. The summed E-state index contributed by atoms with van der Waals surface area (Å²) in [7, 11) is 0. The number of benzene rings is 1. The summed E-state index contributed by atoms with van der Waals surface area (Å²) in [5.74, 6) is 0.274. The van der Waals surface area contributed by atoms with Crippen LogP contribution in [0, 0.1) is 13.5 Å². The van der Waals surface area contributed by atoms with Gasteiger partial charge in [0, 0.05) is 5.69 Å². The Kier molecular flexibility index (Phi) is 2.83. The van der Waals surface area contributed by atoms with Gasteiger partial charge in [0.25, 0.3) is 5.56 Å². The Morgan fingerprint density at radius 2 is 2.00 bits per heavy atom. The van der Waals surface area contributed by atoms with Gasteiger partial charge < -0.3 is 5.32 Å². The number of hydrogen-bond acceptors (Lipinski definition) is 4. The quantitative estimate of drug-likeness (QED) is 0.766. The summed E-state index contributed by atoms with van der Waals surface area (Å²) in [6.07, 6.45) is 0. The van der Waals surface area contributed by atoms with E-state index in [-0.39, 0.29) is 11.5 Å². The zero-order valence-corrected chi connectivity index (χ0v) is 9.06. The molecule has 0 bridgehead atoms. The number of nitrogens with one attached hydrogen (secondary N) is 2. The molecule has 1 heterocycles. The highest BCUT2D eigenvalue weighted by Gasteiger charge is 2.00. The smallest absolute Gasteiger partial charge is 0.273 e. The van der Waals surface area contributed by atoms with Gasteiger partial charge in [-0.3, -0.25) is 9.78 Å². The van der Waals surface area contributed by atoms with Crippen LogP contribution in [0.3, 0.4) is 0 Å². The number of aryl methyl sites for hydroxylation is 1. The molecular formula is C11H9N5O. The Morgan fingerprint density at radius 1 is 1.29 bits per heavy atom. The van der Waals surface area contributed by atoms with Crippen LogP contribution in [0.4, 0.5) is 17.3 Å². The standard InChI is InChI=1S/C11H9N5O/c1-7-10(17)14-11(16-15-7)13-9-5-3-8(12-2)4-6-9/h3-6H,1H3,(H2,13,14,16,17). The fraction of sp³-hybridized carbons (Fsp3) is 0.0909. The Bertz CT molecular complexity index is 624. The second-order valence-corrected chi connectivity index (χ2v) is 3.37. The summed E-state index contributed by atoms with van der Waals surface area (Å²) in [5, 5.41) is 10.4. The molecule has 0 radical (unpaired) electrons. The van der Waals surface area contributed by atoms with Gasteiger partial charge in [-0.15, -0.1) is 10.2 Å². The molecule has 0 fully saturated rings. The topological polar surface area (TPSA) is 75.0 Å². The van der Waals surface area contributed by atoms with Crippen LogP contribution < -0.4 is 10.9 Å². The lowest BCUT2D eigenvalue weighted by Gasteiger charge is -2.04. The van der Waals surface area contributed by atoms with Gasteiger partial charge >= 0.3 is 0 Å². The van der Waals surface area contributed by atoms with Gasteiger partial charge in [0.1, 0.15) is 5.69 Å². The minimum atomic E-state index is -0.278. The van der Waals surface area contributed by atoms with E-state index in [1.165, 1.54) is 0 Å². The molecule has 0 atom stereocenters. The largest absolute Gasteiger partial charge is 0.325 e. The number of aromatic nitrogens is 3. The van der Waals surface area contributed by atoms with Gasteiger partial charge in [-0.05, 0) is 19.1 Å². The molecule has 17 heavy (non-hydrogen) atoms. The van der Waals surface area contributed by atoms with Crippen LogP contribution in [0.25, 0.3) is 4.85 Å². The van der Waals surface area contributed by atoms with Crippen LogP contribution in [0.5, 0.6) is 0 Å². The lowest BCUT2D eigenvalue weighted by Crippen LogP contribution is -2.15. The maximum absolute atomic E-state index is 11.3. The van der Waals surface area contributed by atoms with Crippen molar-refractivity contribution in [3.63, 3.8) is 0 Å². The average Bonchev–Trinajstić information content (AvgIpc) is 2.35. The molecule has 0 saturated carbocycles. The highest BCUT2D eigenvalue weighted by molar-refractivity contribution is 5.58. The Morgan fingerprint density at radius 3 is 2.59 bits per heavy atom. The third kappa shape index (κ3) is 2.46. The van der Waals surface area contributed by atoms with Crippen molar-refractivity contribution in [1.82, 2.24) is 15.2 Å². The molecular weight excluding hydrogens is 218 g/mol. The molecule has 0 spiro atoms. The van der Waals surface area contributed by atoms with Crippen molar-refractivity contribution in [3.05, 3.63) is 51.7 Å². The van der Waals surface area contributed by atoms with Gasteiger partial charge in [-0.2, -0.15) is 0 Å². The molecule has 6 nitrogen and oxygen atoms in total. The van der Waals surface area contributed by atoms with Crippen molar-refractivity contribution in [2.24, 2.45) is 0 Å². The first-order valence-corrected chi connectivity index (χ1v) is 4.87. The van der Waals surface area contributed by atoms with Gasteiger partial charge in [-0.25, -0.2) is 4.85 Å². The van der Waals surface area contributed by atoms with Crippen molar-refractivity contribution in [2.45, 2.75) is 6.92 Å². The molecule has 0 amide bonds. The van der Waals surface area contributed by atoms with Crippen LogP contribution in [0.1, 0.15) is 5.69 Å². The fourth-order valence-corrected chi connectivity index (χ4v) is 1.21. The molecule has 1 aromatic carbocycles. The van der Waals surface area contributed by atoms with Crippen molar-refractivity contribution in [2.75, 3.05) is 5.32 Å². The molecule has 0 aliphatic heterocycles. The maximum Gasteiger partial charge on any atom is 0.273 e. The molecule has 1 aromatic heterocycles. The van der Waals surface area contributed by atoms with Crippen LogP contribution in [-0.2, 0) is 0 Å². The molecule has 0 unspecified atom stereocenters. The summed E-state index contributed by atoms with van der Waals surface area (Å²) in [4.78, 5) is 17.1.